The molecule has 0 aliphatic carbocycles. The Hall–Kier alpha value is -4.21. The van der Waals surface area contributed by atoms with Crippen molar-refractivity contribution in [3.63, 3.8) is 0 Å². The van der Waals surface area contributed by atoms with Gasteiger partial charge in [-0.1, -0.05) is 47.6 Å². The van der Waals surface area contributed by atoms with Crippen molar-refractivity contribution in [1.82, 2.24) is 20.4 Å². The van der Waals surface area contributed by atoms with Gasteiger partial charge in [0.25, 0.3) is 5.91 Å². The first-order chi connectivity index (χ1) is 15.9. The van der Waals surface area contributed by atoms with Crippen LogP contribution in [0.5, 0.6) is 0 Å². The Morgan fingerprint density at radius 3 is 2.39 bits per heavy atom. The first-order valence-corrected chi connectivity index (χ1v) is 9.91. The number of alkyl halides is 3. The molecule has 2 aromatic heterocycles. The highest BCUT2D eigenvalue weighted by molar-refractivity contribution is 5.99. The van der Waals surface area contributed by atoms with Gasteiger partial charge in [0, 0.05) is 24.0 Å². The molecule has 33 heavy (non-hydrogen) atoms. The molecule has 0 atom stereocenters. The van der Waals surface area contributed by atoms with E-state index < -0.39 is 12.1 Å². The summed E-state index contributed by atoms with van der Waals surface area (Å²) in [7, 11) is 0. The summed E-state index contributed by atoms with van der Waals surface area (Å²) in [5.74, 6) is -1.83. The van der Waals surface area contributed by atoms with Gasteiger partial charge in [-0.3, -0.25) is 9.78 Å². The van der Waals surface area contributed by atoms with E-state index in [1.807, 2.05) is 30.3 Å². The SMILES string of the molecule is O=C(NCc1ccccc1)c1ccccc1NCc1ccc(-c2noc(C(F)(F)F)n2)cn1. The van der Waals surface area contributed by atoms with E-state index in [1.165, 1.54) is 6.20 Å². The number of pyridine rings is 1. The van der Waals surface area contributed by atoms with E-state index >= 15 is 0 Å². The van der Waals surface area contributed by atoms with Gasteiger partial charge in [0.15, 0.2) is 0 Å². The van der Waals surface area contributed by atoms with E-state index in [2.05, 4.69) is 30.3 Å². The minimum atomic E-state index is -4.71. The Bertz CT molecular complexity index is 1220. The molecule has 2 aromatic carbocycles. The fraction of sp³-hybridized carbons (Fsp3) is 0.130. The Labute approximate surface area is 186 Å². The number of nitrogens with one attached hydrogen (secondary N) is 2. The highest BCUT2D eigenvalue weighted by atomic mass is 19.4. The van der Waals surface area contributed by atoms with E-state index in [1.54, 1.807) is 36.4 Å². The van der Waals surface area contributed by atoms with Gasteiger partial charge < -0.3 is 15.2 Å². The van der Waals surface area contributed by atoms with Gasteiger partial charge in [0.1, 0.15) is 0 Å². The van der Waals surface area contributed by atoms with E-state index in [0.29, 0.717) is 35.6 Å². The van der Waals surface area contributed by atoms with Crippen molar-refractivity contribution in [1.29, 1.82) is 0 Å². The second-order valence-electron chi connectivity index (χ2n) is 7.03. The molecule has 0 spiro atoms. The number of anilines is 1. The Morgan fingerprint density at radius 2 is 1.70 bits per heavy atom. The first kappa shape index (κ1) is 22.0. The average Bonchev–Trinajstić information content (AvgIpc) is 3.34. The van der Waals surface area contributed by atoms with E-state index in [4.69, 9.17) is 0 Å². The van der Waals surface area contributed by atoms with Gasteiger partial charge in [-0.25, -0.2) is 0 Å². The fourth-order valence-electron chi connectivity index (χ4n) is 3.01. The largest absolute Gasteiger partial charge is 0.471 e. The van der Waals surface area contributed by atoms with E-state index in [9.17, 15) is 18.0 Å². The molecule has 2 heterocycles. The highest BCUT2D eigenvalue weighted by Crippen LogP contribution is 2.29. The Balaban J connectivity index is 1.39. The molecule has 10 heteroatoms. The van der Waals surface area contributed by atoms with Gasteiger partial charge in [-0.15, -0.1) is 0 Å². The van der Waals surface area contributed by atoms with Crippen LogP contribution in [0.4, 0.5) is 18.9 Å². The average molecular weight is 453 g/mol. The van der Waals surface area contributed by atoms with Crippen LogP contribution in [0.3, 0.4) is 0 Å². The quantitative estimate of drug-likeness (QED) is 0.422. The van der Waals surface area contributed by atoms with E-state index in [-0.39, 0.29) is 11.7 Å². The number of para-hydroxylation sites is 1. The van der Waals surface area contributed by atoms with Crippen LogP contribution in [0.15, 0.2) is 77.4 Å². The lowest BCUT2D eigenvalue weighted by Crippen LogP contribution is -2.24. The molecule has 0 saturated carbocycles. The van der Waals surface area contributed by atoms with Gasteiger partial charge >= 0.3 is 12.1 Å². The van der Waals surface area contributed by atoms with Crippen molar-refractivity contribution in [2.24, 2.45) is 0 Å². The highest BCUT2D eigenvalue weighted by Gasteiger charge is 2.38. The summed E-state index contributed by atoms with van der Waals surface area (Å²) < 4.78 is 42.1. The maximum atomic E-state index is 12.7. The second-order valence-corrected chi connectivity index (χ2v) is 7.03. The summed E-state index contributed by atoms with van der Waals surface area (Å²) in [4.78, 5) is 20.2. The monoisotopic (exact) mass is 453 g/mol. The topological polar surface area (TPSA) is 92.9 Å². The van der Waals surface area contributed by atoms with Crippen LogP contribution in [0.2, 0.25) is 0 Å². The molecule has 0 fully saturated rings. The maximum absolute atomic E-state index is 12.7. The molecule has 0 unspecified atom stereocenters. The molecule has 1 amide bonds. The number of aromatic nitrogens is 3. The zero-order valence-electron chi connectivity index (χ0n) is 17.1. The fourth-order valence-corrected chi connectivity index (χ4v) is 3.01. The molecular weight excluding hydrogens is 435 g/mol. The Morgan fingerprint density at radius 1 is 0.939 bits per heavy atom. The van der Waals surface area contributed by atoms with Crippen molar-refractivity contribution in [3.8, 4) is 11.4 Å². The van der Waals surface area contributed by atoms with E-state index in [0.717, 1.165) is 5.56 Å². The predicted molar refractivity (Wildman–Crippen MR) is 114 cm³/mol. The summed E-state index contributed by atoms with van der Waals surface area (Å²) in [6.07, 6.45) is -3.34. The third kappa shape index (κ3) is 5.53. The minimum absolute atomic E-state index is 0.199. The van der Waals surface area contributed by atoms with Crippen LogP contribution in [0.25, 0.3) is 11.4 Å². The third-order valence-corrected chi connectivity index (χ3v) is 4.68. The maximum Gasteiger partial charge on any atom is 0.471 e. The molecule has 0 saturated heterocycles. The molecular formula is C23H18F3N5O2. The predicted octanol–water partition coefficient (Wildman–Crippen LogP) is 4.69. The zero-order chi connectivity index (χ0) is 23.3. The molecule has 0 bridgehead atoms. The van der Waals surface area contributed by atoms with Crippen LogP contribution in [0.1, 0.15) is 27.5 Å². The van der Waals surface area contributed by atoms with Crippen LogP contribution in [0, 0.1) is 0 Å². The molecule has 2 N–H and O–H groups in total. The number of amides is 1. The molecule has 4 rings (SSSR count). The molecule has 0 aliphatic heterocycles. The molecule has 168 valence electrons. The van der Waals surface area contributed by atoms with Gasteiger partial charge in [-0.05, 0) is 29.8 Å². The van der Waals surface area contributed by atoms with Crippen molar-refractivity contribution < 1.29 is 22.5 Å². The van der Waals surface area contributed by atoms with Crippen LogP contribution < -0.4 is 10.6 Å². The number of nitrogens with zero attached hydrogens (tertiary/aromatic N) is 3. The van der Waals surface area contributed by atoms with Crippen LogP contribution in [-0.2, 0) is 19.3 Å². The standard InChI is InChI=1S/C23H18F3N5O2/c24-23(25,26)22-30-20(31-33-22)16-10-11-17(27-13-16)14-28-19-9-5-4-8-18(19)21(32)29-12-15-6-2-1-3-7-15/h1-11,13,28H,12,14H2,(H,29,32). The minimum Gasteiger partial charge on any atom is -0.379 e. The molecule has 4 aromatic rings. The lowest BCUT2D eigenvalue weighted by Gasteiger charge is -2.12. The summed E-state index contributed by atoms with van der Waals surface area (Å²) >= 11 is 0. The van der Waals surface area contributed by atoms with Crippen LogP contribution in [-0.4, -0.2) is 21.0 Å². The van der Waals surface area contributed by atoms with Gasteiger partial charge in [0.05, 0.1) is 17.8 Å². The number of carbonyl (C=O) groups excluding carboxylic acids is 1. The summed E-state index contributed by atoms with van der Waals surface area (Å²) in [6.45, 7) is 0.701. The summed E-state index contributed by atoms with van der Waals surface area (Å²) in [6, 6.07) is 19.8. The van der Waals surface area contributed by atoms with Crippen LogP contribution >= 0.6 is 0 Å². The number of hydrogen-bond acceptors (Lipinski definition) is 6. The van der Waals surface area contributed by atoms with Crippen molar-refractivity contribution in [3.05, 3.63) is 95.6 Å². The van der Waals surface area contributed by atoms with Crippen molar-refractivity contribution in [2.45, 2.75) is 19.3 Å². The summed E-state index contributed by atoms with van der Waals surface area (Å²) in [5, 5.41) is 9.40. The lowest BCUT2D eigenvalue weighted by molar-refractivity contribution is -0.159. The van der Waals surface area contributed by atoms with Crippen molar-refractivity contribution in [2.75, 3.05) is 5.32 Å². The number of benzene rings is 2. The number of carbonyl (C=O) groups is 1. The molecule has 0 radical (unpaired) electrons. The summed E-state index contributed by atoms with van der Waals surface area (Å²) in [5.41, 5.74) is 3.00. The van der Waals surface area contributed by atoms with Gasteiger partial charge in [-0.2, -0.15) is 18.2 Å². The number of hydrogen-bond donors (Lipinski definition) is 2. The van der Waals surface area contributed by atoms with Gasteiger partial charge in [0.2, 0.25) is 5.82 Å². The zero-order valence-corrected chi connectivity index (χ0v) is 17.1. The molecule has 0 aliphatic rings. The number of halogens is 3. The smallest absolute Gasteiger partial charge is 0.379 e. The van der Waals surface area contributed by atoms with Crippen molar-refractivity contribution >= 4 is 11.6 Å². The Kier molecular flexibility index (Phi) is 6.34. The number of rotatable bonds is 7. The third-order valence-electron chi connectivity index (χ3n) is 4.68. The lowest BCUT2D eigenvalue weighted by atomic mass is 10.1. The normalized spacial score (nSPS) is 11.2. The molecule has 7 nitrogen and oxygen atoms in total. The first-order valence-electron chi connectivity index (χ1n) is 9.91. The second kappa shape index (κ2) is 9.51.